The molecular formula is C22H17BrClN3O4S. The molecule has 7 nitrogen and oxygen atoms in total. The summed E-state index contributed by atoms with van der Waals surface area (Å²) in [6.45, 7) is 0.247. The molecule has 0 aliphatic heterocycles. The highest BCUT2D eigenvalue weighted by Gasteiger charge is 2.27. The standard InChI is InChI=1S/C22H17BrClN3O4S/c1-32(30,31)26-22(29)20-19(15-6-4-10-25-21(15)28)16-11-14(24)8-9-18(16)27(20)12-13-5-2-3-7-17(13)23/h2-11H,12H2,1H3,(H,25,28)(H,26,29). The minimum absolute atomic E-state index is 0.0418. The molecular weight excluding hydrogens is 518 g/mol. The molecule has 0 fully saturated rings. The van der Waals surface area contributed by atoms with Gasteiger partial charge in [-0.2, -0.15) is 0 Å². The number of hydrogen-bond acceptors (Lipinski definition) is 4. The van der Waals surface area contributed by atoms with Gasteiger partial charge in [0.05, 0.1) is 6.26 Å². The van der Waals surface area contributed by atoms with Crippen molar-refractivity contribution in [2.24, 2.45) is 0 Å². The van der Waals surface area contributed by atoms with E-state index in [1.807, 2.05) is 29.0 Å². The van der Waals surface area contributed by atoms with Gasteiger partial charge >= 0.3 is 0 Å². The number of amides is 1. The minimum Gasteiger partial charge on any atom is -0.331 e. The lowest BCUT2D eigenvalue weighted by atomic mass is 10.0. The Morgan fingerprint density at radius 1 is 1.16 bits per heavy atom. The van der Waals surface area contributed by atoms with Gasteiger partial charge in [0.15, 0.2) is 0 Å². The van der Waals surface area contributed by atoms with Crippen LogP contribution < -0.4 is 10.3 Å². The molecule has 0 radical (unpaired) electrons. The SMILES string of the molecule is CS(=O)(=O)NC(=O)c1c(-c2ccc[nH]c2=O)c2cc(Cl)ccc2n1Cc1ccccc1Br. The van der Waals surface area contributed by atoms with Crippen molar-refractivity contribution >= 4 is 54.4 Å². The number of fused-ring (bicyclic) bond motifs is 1. The molecule has 0 spiro atoms. The average Bonchev–Trinajstić information content (AvgIpc) is 3.02. The Labute approximate surface area is 197 Å². The highest BCUT2D eigenvalue weighted by Crippen LogP contribution is 2.36. The van der Waals surface area contributed by atoms with E-state index >= 15 is 0 Å². The summed E-state index contributed by atoms with van der Waals surface area (Å²) in [4.78, 5) is 28.5. The Morgan fingerprint density at radius 2 is 1.91 bits per heavy atom. The number of aromatic nitrogens is 2. The van der Waals surface area contributed by atoms with E-state index in [0.717, 1.165) is 16.3 Å². The number of H-pyrrole nitrogens is 1. The Morgan fingerprint density at radius 3 is 2.59 bits per heavy atom. The predicted molar refractivity (Wildman–Crippen MR) is 129 cm³/mol. The number of carbonyl (C=O) groups is 1. The van der Waals surface area contributed by atoms with Gasteiger partial charge in [0.2, 0.25) is 10.0 Å². The maximum absolute atomic E-state index is 13.2. The van der Waals surface area contributed by atoms with Crippen LogP contribution in [0.5, 0.6) is 0 Å². The fourth-order valence-corrected chi connectivity index (χ4v) is 4.65. The van der Waals surface area contributed by atoms with Crippen molar-refractivity contribution < 1.29 is 13.2 Å². The van der Waals surface area contributed by atoms with Gasteiger partial charge in [-0.25, -0.2) is 13.1 Å². The Kier molecular flexibility index (Phi) is 5.98. The van der Waals surface area contributed by atoms with Crippen molar-refractivity contribution in [2.45, 2.75) is 6.54 Å². The zero-order chi connectivity index (χ0) is 23.0. The summed E-state index contributed by atoms with van der Waals surface area (Å²) in [5, 5.41) is 0.971. The quantitative estimate of drug-likeness (QED) is 0.402. The van der Waals surface area contributed by atoms with Crippen LogP contribution in [0.2, 0.25) is 5.02 Å². The first-order chi connectivity index (χ1) is 15.2. The zero-order valence-electron chi connectivity index (χ0n) is 16.7. The first-order valence-corrected chi connectivity index (χ1v) is 12.5. The molecule has 0 bridgehead atoms. The van der Waals surface area contributed by atoms with E-state index in [2.05, 4.69) is 20.9 Å². The van der Waals surface area contributed by atoms with Crippen LogP contribution in [0.25, 0.3) is 22.0 Å². The monoisotopic (exact) mass is 533 g/mol. The third-order valence-corrected chi connectivity index (χ3v) is 6.46. The second-order valence-electron chi connectivity index (χ2n) is 7.18. The van der Waals surface area contributed by atoms with E-state index in [1.54, 1.807) is 34.9 Å². The van der Waals surface area contributed by atoms with Gasteiger partial charge in [-0.05, 0) is 42.0 Å². The lowest BCUT2D eigenvalue weighted by Crippen LogP contribution is -2.32. The Hall–Kier alpha value is -2.88. The molecule has 2 heterocycles. The van der Waals surface area contributed by atoms with Crippen LogP contribution in [0.1, 0.15) is 16.1 Å². The van der Waals surface area contributed by atoms with Gasteiger partial charge in [0, 0.05) is 44.3 Å². The number of sulfonamides is 1. The molecule has 0 atom stereocenters. The van der Waals surface area contributed by atoms with Crippen molar-refractivity contribution in [2.75, 3.05) is 6.26 Å². The van der Waals surface area contributed by atoms with Gasteiger partial charge in [-0.3, -0.25) is 9.59 Å². The van der Waals surface area contributed by atoms with Crippen LogP contribution in [-0.2, 0) is 16.6 Å². The van der Waals surface area contributed by atoms with E-state index in [9.17, 15) is 18.0 Å². The van der Waals surface area contributed by atoms with E-state index in [-0.39, 0.29) is 17.8 Å². The van der Waals surface area contributed by atoms with Crippen LogP contribution in [-0.4, -0.2) is 30.1 Å². The van der Waals surface area contributed by atoms with Gasteiger partial charge in [0.25, 0.3) is 11.5 Å². The van der Waals surface area contributed by atoms with Crippen molar-refractivity contribution in [3.05, 3.63) is 91.9 Å². The van der Waals surface area contributed by atoms with Crippen LogP contribution in [0.3, 0.4) is 0 Å². The molecule has 4 aromatic rings. The highest BCUT2D eigenvalue weighted by atomic mass is 79.9. The number of hydrogen-bond donors (Lipinski definition) is 2. The largest absolute Gasteiger partial charge is 0.331 e. The summed E-state index contributed by atoms with van der Waals surface area (Å²) in [6, 6.07) is 15.8. The van der Waals surface area contributed by atoms with Gasteiger partial charge in [0.1, 0.15) is 5.69 Å². The maximum Gasteiger partial charge on any atom is 0.282 e. The fraction of sp³-hybridized carbons (Fsp3) is 0.0909. The summed E-state index contributed by atoms with van der Waals surface area (Å²) >= 11 is 9.77. The van der Waals surface area contributed by atoms with E-state index in [0.29, 0.717) is 21.5 Å². The first kappa shape index (κ1) is 22.3. The smallest absolute Gasteiger partial charge is 0.282 e. The molecule has 0 saturated carbocycles. The van der Waals surface area contributed by atoms with Crippen LogP contribution in [0, 0.1) is 0 Å². The predicted octanol–water partition coefficient (Wildman–Crippen LogP) is 4.15. The number of benzene rings is 2. The number of rotatable bonds is 5. The Bertz CT molecular complexity index is 1530. The third kappa shape index (κ3) is 4.36. The average molecular weight is 535 g/mol. The minimum atomic E-state index is -3.86. The molecule has 10 heteroatoms. The summed E-state index contributed by atoms with van der Waals surface area (Å²) < 4.78 is 28.3. The molecule has 32 heavy (non-hydrogen) atoms. The highest BCUT2D eigenvalue weighted by molar-refractivity contribution is 9.10. The summed E-state index contributed by atoms with van der Waals surface area (Å²) in [7, 11) is -3.86. The van der Waals surface area contributed by atoms with Gasteiger partial charge < -0.3 is 9.55 Å². The van der Waals surface area contributed by atoms with E-state index < -0.39 is 21.5 Å². The normalized spacial score (nSPS) is 11.6. The van der Waals surface area contributed by atoms with Crippen molar-refractivity contribution in [3.8, 4) is 11.1 Å². The van der Waals surface area contributed by atoms with Crippen LogP contribution in [0.4, 0.5) is 0 Å². The molecule has 2 aromatic heterocycles. The molecule has 0 unspecified atom stereocenters. The number of carbonyl (C=O) groups excluding carboxylic acids is 1. The molecule has 2 aromatic carbocycles. The molecule has 4 rings (SSSR count). The van der Waals surface area contributed by atoms with Crippen LogP contribution >= 0.6 is 27.5 Å². The number of aromatic amines is 1. The van der Waals surface area contributed by atoms with Crippen molar-refractivity contribution in [3.63, 3.8) is 0 Å². The van der Waals surface area contributed by atoms with Gasteiger partial charge in [-0.15, -0.1) is 0 Å². The lowest BCUT2D eigenvalue weighted by molar-refractivity contribution is 0.0974. The zero-order valence-corrected chi connectivity index (χ0v) is 19.9. The maximum atomic E-state index is 13.2. The number of pyridine rings is 1. The first-order valence-electron chi connectivity index (χ1n) is 9.41. The summed E-state index contributed by atoms with van der Waals surface area (Å²) in [6.07, 6.45) is 2.38. The third-order valence-electron chi connectivity index (χ3n) is 4.89. The molecule has 0 aliphatic rings. The van der Waals surface area contributed by atoms with Crippen molar-refractivity contribution in [1.82, 2.24) is 14.3 Å². The van der Waals surface area contributed by atoms with Crippen molar-refractivity contribution in [1.29, 1.82) is 0 Å². The summed E-state index contributed by atoms with van der Waals surface area (Å²) in [5.41, 5.74) is 1.64. The molecule has 1 amide bonds. The van der Waals surface area contributed by atoms with Gasteiger partial charge in [-0.1, -0.05) is 45.7 Å². The summed E-state index contributed by atoms with van der Waals surface area (Å²) in [5.74, 6) is -0.842. The molecule has 0 saturated heterocycles. The van der Waals surface area contributed by atoms with E-state index in [4.69, 9.17) is 11.6 Å². The molecule has 164 valence electrons. The second-order valence-corrected chi connectivity index (χ2v) is 10.2. The topological polar surface area (TPSA) is 101 Å². The second kappa shape index (κ2) is 8.57. The number of nitrogens with one attached hydrogen (secondary N) is 2. The number of halogens is 2. The van der Waals surface area contributed by atoms with Crippen LogP contribution in [0.15, 0.2) is 70.1 Å². The lowest BCUT2D eigenvalue weighted by Gasteiger charge is -2.13. The molecule has 0 aliphatic carbocycles. The Balaban J connectivity index is 2.10. The number of nitrogens with zero attached hydrogens (tertiary/aromatic N) is 1. The van der Waals surface area contributed by atoms with E-state index in [1.165, 1.54) is 6.20 Å². The molecule has 2 N–H and O–H groups in total. The fourth-order valence-electron chi connectivity index (χ4n) is 3.63.